The van der Waals surface area contributed by atoms with Crippen LogP contribution >= 0.6 is 0 Å². The SMILES string of the molecule is CN1CCCC1=O.CNC. The van der Waals surface area contributed by atoms with Gasteiger partial charge in [0.25, 0.3) is 0 Å². The molecule has 1 saturated heterocycles. The van der Waals surface area contributed by atoms with Gasteiger partial charge in [0.1, 0.15) is 0 Å². The van der Waals surface area contributed by atoms with E-state index in [1.54, 1.807) is 4.90 Å². The molecular weight excluding hydrogens is 128 g/mol. The molecule has 0 aromatic heterocycles. The van der Waals surface area contributed by atoms with Crippen molar-refractivity contribution in [2.75, 3.05) is 27.7 Å². The number of likely N-dealkylation sites (tertiary alicyclic amines) is 1. The molecule has 1 aliphatic rings. The summed E-state index contributed by atoms with van der Waals surface area (Å²) in [6.07, 6.45) is 1.81. The van der Waals surface area contributed by atoms with Crippen molar-refractivity contribution in [3.63, 3.8) is 0 Å². The number of hydrogen-bond acceptors (Lipinski definition) is 2. The summed E-state index contributed by atoms with van der Waals surface area (Å²) in [6.45, 7) is 0.957. The average molecular weight is 144 g/mol. The molecule has 0 saturated carbocycles. The van der Waals surface area contributed by atoms with Crippen molar-refractivity contribution >= 4 is 5.91 Å². The van der Waals surface area contributed by atoms with Crippen LogP contribution in [0.4, 0.5) is 0 Å². The number of hydrogen-bond donors (Lipinski definition) is 1. The predicted molar refractivity (Wildman–Crippen MR) is 41.9 cm³/mol. The summed E-state index contributed by atoms with van der Waals surface area (Å²) in [7, 11) is 5.59. The standard InChI is InChI=1S/C5H9NO.C2H7N/c1-6-4-2-3-5(6)7;1-3-2/h2-4H2,1H3;3H,1-2H3. The van der Waals surface area contributed by atoms with Crippen LogP contribution in [0.25, 0.3) is 0 Å². The molecular formula is C7H16N2O. The first-order valence-electron chi connectivity index (χ1n) is 3.54. The van der Waals surface area contributed by atoms with Crippen molar-refractivity contribution in [3.05, 3.63) is 0 Å². The third kappa shape index (κ3) is 3.45. The van der Waals surface area contributed by atoms with Crippen LogP contribution in [-0.2, 0) is 4.79 Å². The van der Waals surface area contributed by atoms with Crippen LogP contribution in [0.15, 0.2) is 0 Å². The maximum absolute atomic E-state index is 10.5. The number of rotatable bonds is 0. The predicted octanol–water partition coefficient (Wildman–Crippen LogP) is 0.0742. The minimum absolute atomic E-state index is 0.292. The van der Waals surface area contributed by atoms with Gasteiger partial charge >= 0.3 is 0 Å². The van der Waals surface area contributed by atoms with E-state index in [1.807, 2.05) is 21.1 Å². The Bertz CT molecular complexity index is 104. The van der Waals surface area contributed by atoms with Gasteiger partial charge in [-0.15, -0.1) is 0 Å². The largest absolute Gasteiger partial charge is 0.346 e. The summed E-state index contributed by atoms with van der Waals surface area (Å²) in [6, 6.07) is 0. The molecule has 3 nitrogen and oxygen atoms in total. The molecule has 3 heteroatoms. The Morgan fingerprint density at radius 3 is 2.10 bits per heavy atom. The highest BCUT2D eigenvalue weighted by molar-refractivity contribution is 5.77. The van der Waals surface area contributed by atoms with E-state index in [9.17, 15) is 4.79 Å². The average Bonchev–Trinajstić information content (AvgIpc) is 2.19. The fourth-order valence-electron chi connectivity index (χ4n) is 0.783. The van der Waals surface area contributed by atoms with Gasteiger partial charge in [-0.25, -0.2) is 0 Å². The van der Waals surface area contributed by atoms with Gasteiger partial charge in [-0.2, -0.15) is 0 Å². The molecule has 10 heavy (non-hydrogen) atoms. The highest BCUT2D eigenvalue weighted by atomic mass is 16.2. The summed E-state index contributed by atoms with van der Waals surface area (Å²) >= 11 is 0. The van der Waals surface area contributed by atoms with Gasteiger partial charge in [0.15, 0.2) is 0 Å². The van der Waals surface area contributed by atoms with Gasteiger partial charge < -0.3 is 10.2 Å². The van der Waals surface area contributed by atoms with Gasteiger partial charge in [-0.3, -0.25) is 4.79 Å². The maximum Gasteiger partial charge on any atom is 0.222 e. The van der Waals surface area contributed by atoms with E-state index in [2.05, 4.69) is 5.32 Å². The lowest BCUT2D eigenvalue weighted by Crippen LogP contribution is -2.17. The molecule has 0 bridgehead atoms. The summed E-state index contributed by atoms with van der Waals surface area (Å²) in [5.41, 5.74) is 0. The van der Waals surface area contributed by atoms with Crippen LogP contribution in [0.2, 0.25) is 0 Å². The minimum atomic E-state index is 0.292. The number of nitrogens with one attached hydrogen (secondary N) is 1. The molecule has 0 aromatic carbocycles. The second kappa shape index (κ2) is 5.23. The van der Waals surface area contributed by atoms with Gasteiger partial charge in [0.2, 0.25) is 5.91 Å². The molecule has 1 N–H and O–H groups in total. The zero-order chi connectivity index (χ0) is 7.98. The number of nitrogens with zero attached hydrogens (tertiary/aromatic N) is 1. The van der Waals surface area contributed by atoms with Crippen molar-refractivity contribution in [1.29, 1.82) is 0 Å². The van der Waals surface area contributed by atoms with E-state index in [0.29, 0.717) is 5.91 Å². The van der Waals surface area contributed by atoms with E-state index in [0.717, 1.165) is 19.4 Å². The Morgan fingerprint density at radius 1 is 1.50 bits per heavy atom. The molecule has 0 unspecified atom stereocenters. The molecule has 1 aliphatic heterocycles. The summed E-state index contributed by atoms with van der Waals surface area (Å²) in [5, 5.41) is 2.75. The smallest absolute Gasteiger partial charge is 0.222 e. The fraction of sp³-hybridized carbons (Fsp3) is 0.857. The van der Waals surface area contributed by atoms with Gasteiger partial charge in [0.05, 0.1) is 0 Å². The molecule has 1 heterocycles. The molecule has 60 valence electrons. The summed E-state index contributed by atoms with van der Waals surface area (Å²) in [4.78, 5) is 12.3. The van der Waals surface area contributed by atoms with E-state index in [4.69, 9.17) is 0 Å². The van der Waals surface area contributed by atoms with Crippen LogP contribution in [-0.4, -0.2) is 38.5 Å². The molecule has 0 aliphatic carbocycles. The Balaban J connectivity index is 0.000000236. The third-order valence-corrected chi connectivity index (χ3v) is 1.31. The molecule has 1 fully saturated rings. The Morgan fingerprint density at radius 2 is 2.00 bits per heavy atom. The van der Waals surface area contributed by atoms with Crippen molar-refractivity contribution in [3.8, 4) is 0 Å². The minimum Gasteiger partial charge on any atom is -0.346 e. The Kier molecular flexibility index (Phi) is 4.94. The van der Waals surface area contributed by atoms with E-state index in [-0.39, 0.29) is 0 Å². The first-order valence-corrected chi connectivity index (χ1v) is 3.54. The van der Waals surface area contributed by atoms with Crippen LogP contribution in [0, 0.1) is 0 Å². The second-order valence-electron chi connectivity index (χ2n) is 2.42. The highest BCUT2D eigenvalue weighted by Gasteiger charge is 2.14. The van der Waals surface area contributed by atoms with Gasteiger partial charge in [-0.1, -0.05) is 0 Å². The molecule has 0 atom stereocenters. The maximum atomic E-state index is 10.5. The first kappa shape index (κ1) is 9.43. The number of amides is 1. The monoisotopic (exact) mass is 144 g/mol. The molecule has 0 radical (unpaired) electrons. The lowest BCUT2D eigenvalue weighted by Gasteiger charge is -2.03. The van der Waals surface area contributed by atoms with Crippen LogP contribution in [0.5, 0.6) is 0 Å². The summed E-state index contributed by atoms with van der Waals surface area (Å²) < 4.78 is 0. The van der Waals surface area contributed by atoms with Crippen LogP contribution < -0.4 is 5.32 Å². The van der Waals surface area contributed by atoms with Gasteiger partial charge in [0, 0.05) is 20.0 Å². The van der Waals surface area contributed by atoms with Crippen LogP contribution in [0.3, 0.4) is 0 Å². The lowest BCUT2D eigenvalue weighted by molar-refractivity contribution is -0.126. The highest BCUT2D eigenvalue weighted by Crippen LogP contribution is 2.04. The van der Waals surface area contributed by atoms with Crippen molar-refractivity contribution in [2.24, 2.45) is 0 Å². The van der Waals surface area contributed by atoms with Crippen molar-refractivity contribution in [1.82, 2.24) is 10.2 Å². The molecule has 0 aromatic rings. The van der Waals surface area contributed by atoms with E-state index in [1.165, 1.54) is 0 Å². The number of carbonyl (C=O) groups excluding carboxylic acids is 1. The van der Waals surface area contributed by atoms with Crippen LogP contribution in [0.1, 0.15) is 12.8 Å². The molecule has 1 rings (SSSR count). The van der Waals surface area contributed by atoms with Gasteiger partial charge in [-0.05, 0) is 20.5 Å². The van der Waals surface area contributed by atoms with Crippen molar-refractivity contribution < 1.29 is 4.79 Å². The fourth-order valence-corrected chi connectivity index (χ4v) is 0.783. The third-order valence-electron chi connectivity index (χ3n) is 1.31. The zero-order valence-corrected chi connectivity index (χ0v) is 6.98. The van der Waals surface area contributed by atoms with E-state index >= 15 is 0 Å². The quantitative estimate of drug-likeness (QED) is 0.522. The number of carbonyl (C=O) groups is 1. The second-order valence-corrected chi connectivity index (χ2v) is 2.42. The summed E-state index contributed by atoms with van der Waals surface area (Å²) in [5.74, 6) is 0.292. The van der Waals surface area contributed by atoms with E-state index < -0.39 is 0 Å². The Labute approximate surface area is 62.4 Å². The topological polar surface area (TPSA) is 32.3 Å². The molecule has 0 spiro atoms. The lowest BCUT2D eigenvalue weighted by atomic mass is 10.4. The van der Waals surface area contributed by atoms with Crippen molar-refractivity contribution in [2.45, 2.75) is 12.8 Å². The molecule has 1 amide bonds. The zero-order valence-electron chi connectivity index (χ0n) is 6.98. The Hall–Kier alpha value is -0.570. The first-order chi connectivity index (χ1) is 4.72. The normalized spacial score (nSPS) is 16.7.